The van der Waals surface area contributed by atoms with Gasteiger partial charge >= 0.3 is 6.09 Å². The van der Waals surface area contributed by atoms with E-state index < -0.39 is 6.09 Å². The number of nitrogens with zero attached hydrogens (tertiary/aromatic N) is 1. The molecule has 1 aromatic carbocycles. The van der Waals surface area contributed by atoms with Gasteiger partial charge in [0.15, 0.2) is 0 Å². The second kappa shape index (κ2) is 5.27. The quantitative estimate of drug-likeness (QED) is 0.846. The van der Waals surface area contributed by atoms with Crippen LogP contribution < -0.4 is 5.32 Å². The number of hydrogen-bond donors (Lipinski definition) is 2. The molecule has 0 spiro atoms. The molecular formula is C12H12N2O3. The number of amides is 1. The maximum absolute atomic E-state index is 11.4. The van der Waals surface area contributed by atoms with Gasteiger partial charge in [-0.05, 0) is 12.1 Å². The van der Waals surface area contributed by atoms with Gasteiger partial charge in [-0.1, -0.05) is 12.1 Å². The number of rotatable bonds is 3. The summed E-state index contributed by atoms with van der Waals surface area (Å²) >= 11 is 0. The molecule has 88 valence electrons. The molecule has 0 radical (unpaired) electrons. The fourth-order valence-corrected chi connectivity index (χ4v) is 1.52. The first-order valence-electron chi connectivity index (χ1n) is 5.18. The summed E-state index contributed by atoms with van der Waals surface area (Å²) in [6, 6.07) is 7.33. The smallest absolute Gasteiger partial charge is 0.411 e. The summed E-state index contributed by atoms with van der Waals surface area (Å²) in [6.45, 7) is -0.203. The lowest BCUT2D eigenvalue weighted by atomic mass is 10.1. The molecule has 0 unspecified atom stereocenters. The van der Waals surface area contributed by atoms with E-state index in [-0.39, 0.29) is 13.2 Å². The highest BCUT2D eigenvalue weighted by molar-refractivity contribution is 5.99. The third-order valence-electron chi connectivity index (χ3n) is 2.24. The molecule has 2 aromatic rings. The zero-order chi connectivity index (χ0) is 12.1. The summed E-state index contributed by atoms with van der Waals surface area (Å²) < 4.78 is 4.73. The van der Waals surface area contributed by atoms with Crippen LogP contribution >= 0.6 is 0 Å². The van der Waals surface area contributed by atoms with Crippen molar-refractivity contribution in [3.8, 4) is 0 Å². The predicted molar refractivity (Wildman–Crippen MR) is 63.8 cm³/mol. The van der Waals surface area contributed by atoms with Gasteiger partial charge in [0, 0.05) is 23.2 Å². The lowest BCUT2D eigenvalue weighted by molar-refractivity contribution is 0.131. The summed E-state index contributed by atoms with van der Waals surface area (Å²) in [5.41, 5.74) is 0.660. The number of fused-ring (bicyclic) bond motifs is 1. The predicted octanol–water partition coefficient (Wildman–Crippen LogP) is 1.78. The van der Waals surface area contributed by atoms with Crippen LogP contribution in [0.1, 0.15) is 0 Å². The molecule has 17 heavy (non-hydrogen) atoms. The molecule has 0 saturated heterocycles. The average Bonchev–Trinajstić information content (AvgIpc) is 2.37. The van der Waals surface area contributed by atoms with Crippen molar-refractivity contribution in [3.05, 3.63) is 36.7 Å². The molecule has 0 saturated carbocycles. The molecule has 1 aromatic heterocycles. The Labute approximate surface area is 98.0 Å². The van der Waals surface area contributed by atoms with Gasteiger partial charge in [-0.25, -0.2) is 4.79 Å². The van der Waals surface area contributed by atoms with Crippen LogP contribution in [0.5, 0.6) is 0 Å². The van der Waals surface area contributed by atoms with Gasteiger partial charge in [0.05, 0.1) is 12.3 Å². The Morgan fingerprint density at radius 2 is 2.29 bits per heavy atom. The number of aliphatic hydroxyl groups is 1. The third kappa shape index (κ3) is 2.70. The Morgan fingerprint density at radius 1 is 1.41 bits per heavy atom. The van der Waals surface area contributed by atoms with E-state index in [0.717, 1.165) is 10.8 Å². The number of pyridine rings is 1. The number of carbonyl (C=O) groups excluding carboxylic acids is 1. The Bertz CT molecular complexity index is 523. The highest BCUT2D eigenvalue weighted by Gasteiger charge is 2.05. The molecule has 0 atom stereocenters. The molecule has 2 rings (SSSR count). The van der Waals surface area contributed by atoms with Crippen LogP contribution in [-0.2, 0) is 4.74 Å². The van der Waals surface area contributed by atoms with E-state index in [2.05, 4.69) is 10.3 Å². The van der Waals surface area contributed by atoms with Crippen molar-refractivity contribution in [2.24, 2.45) is 0 Å². The van der Waals surface area contributed by atoms with Crippen molar-refractivity contribution in [1.29, 1.82) is 0 Å². The van der Waals surface area contributed by atoms with E-state index in [0.29, 0.717) is 5.69 Å². The SMILES string of the molecule is O=C(Nc1cccc2cnccc12)OCCO. The van der Waals surface area contributed by atoms with Gasteiger partial charge in [0.2, 0.25) is 0 Å². The maximum atomic E-state index is 11.4. The molecule has 5 nitrogen and oxygen atoms in total. The summed E-state index contributed by atoms with van der Waals surface area (Å²) in [5.74, 6) is 0. The molecule has 1 amide bonds. The van der Waals surface area contributed by atoms with Crippen molar-refractivity contribution in [3.63, 3.8) is 0 Å². The zero-order valence-corrected chi connectivity index (χ0v) is 9.09. The van der Waals surface area contributed by atoms with Crippen molar-refractivity contribution in [2.75, 3.05) is 18.5 Å². The first-order valence-corrected chi connectivity index (χ1v) is 5.18. The van der Waals surface area contributed by atoms with E-state index in [1.54, 1.807) is 18.5 Å². The van der Waals surface area contributed by atoms with Crippen LogP contribution in [0.15, 0.2) is 36.7 Å². The zero-order valence-electron chi connectivity index (χ0n) is 9.09. The van der Waals surface area contributed by atoms with Crippen molar-refractivity contribution >= 4 is 22.6 Å². The Kier molecular flexibility index (Phi) is 3.52. The molecule has 0 aliphatic rings. The molecule has 0 aliphatic carbocycles. The van der Waals surface area contributed by atoms with Crippen molar-refractivity contribution < 1.29 is 14.6 Å². The number of benzene rings is 1. The van der Waals surface area contributed by atoms with Crippen LogP contribution in [0.4, 0.5) is 10.5 Å². The van der Waals surface area contributed by atoms with Crippen molar-refractivity contribution in [1.82, 2.24) is 4.98 Å². The lowest BCUT2D eigenvalue weighted by Gasteiger charge is -2.08. The van der Waals surface area contributed by atoms with E-state index in [9.17, 15) is 4.79 Å². The van der Waals surface area contributed by atoms with Crippen molar-refractivity contribution in [2.45, 2.75) is 0 Å². The highest BCUT2D eigenvalue weighted by atomic mass is 16.6. The van der Waals surface area contributed by atoms with E-state index in [1.165, 1.54) is 0 Å². The lowest BCUT2D eigenvalue weighted by Crippen LogP contribution is -2.15. The van der Waals surface area contributed by atoms with Crippen LogP contribution in [0.25, 0.3) is 10.8 Å². The molecular weight excluding hydrogens is 220 g/mol. The van der Waals surface area contributed by atoms with Gasteiger partial charge < -0.3 is 9.84 Å². The van der Waals surface area contributed by atoms with Crippen LogP contribution in [0.2, 0.25) is 0 Å². The number of ether oxygens (including phenoxy) is 1. The standard InChI is InChI=1S/C12H12N2O3/c15-6-7-17-12(16)14-11-3-1-2-9-8-13-5-4-10(9)11/h1-5,8,15H,6-7H2,(H,14,16). The Morgan fingerprint density at radius 3 is 3.12 bits per heavy atom. The van der Waals surface area contributed by atoms with Gasteiger partial charge in [-0.3, -0.25) is 10.3 Å². The third-order valence-corrected chi connectivity index (χ3v) is 2.24. The largest absolute Gasteiger partial charge is 0.447 e. The van der Waals surface area contributed by atoms with Gasteiger partial charge in [-0.2, -0.15) is 0 Å². The normalized spacial score (nSPS) is 10.2. The average molecular weight is 232 g/mol. The van der Waals surface area contributed by atoms with Gasteiger partial charge in [0.25, 0.3) is 0 Å². The van der Waals surface area contributed by atoms with Crippen LogP contribution in [0.3, 0.4) is 0 Å². The van der Waals surface area contributed by atoms with Crippen LogP contribution in [-0.4, -0.2) is 29.4 Å². The number of hydrogen-bond acceptors (Lipinski definition) is 4. The molecule has 2 N–H and O–H groups in total. The summed E-state index contributed by atoms with van der Waals surface area (Å²) in [7, 11) is 0. The molecule has 0 fully saturated rings. The van der Waals surface area contributed by atoms with Crippen LogP contribution in [0, 0.1) is 0 Å². The first-order chi connectivity index (χ1) is 8.31. The highest BCUT2D eigenvalue weighted by Crippen LogP contribution is 2.22. The second-order valence-electron chi connectivity index (χ2n) is 3.39. The summed E-state index contributed by atoms with van der Waals surface area (Å²) in [5, 5.41) is 13.0. The van der Waals surface area contributed by atoms with E-state index in [4.69, 9.17) is 9.84 Å². The topological polar surface area (TPSA) is 71.5 Å². The number of anilines is 1. The van der Waals surface area contributed by atoms with Gasteiger partial charge in [0.1, 0.15) is 6.61 Å². The number of carbonyl (C=O) groups is 1. The minimum atomic E-state index is -0.580. The fraction of sp³-hybridized carbons (Fsp3) is 0.167. The van der Waals surface area contributed by atoms with Gasteiger partial charge in [-0.15, -0.1) is 0 Å². The summed E-state index contributed by atoms with van der Waals surface area (Å²) in [4.78, 5) is 15.4. The number of aliphatic hydroxyl groups excluding tert-OH is 1. The minimum absolute atomic E-state index is 0.0157. The molecule has 0 bridgehead atoms. The number of nitrogens with one attached hydrogen (secondary N) is 1. The Hall–Kier alpha value is -2.14. The number of aromatic nitrogens is 1. The fourth-order valence-electron chi connectivity index (χ4n) is 1.52. The molecule has 1 heterocycles. The molecule has 0 aliphatic heterocycles. The second-order valence-corrected chi connectivity index (χ2v) is 3.39. The first kappa shape index (κ1) is 11.3. The summed E-state index contributed by atoms with van der Waals surface area (Å²) in [6.07, 6.45) is 2.80. The maximum Gasteiger partial charge on any atom is 0.411 e. The molecule has 5 heteroatoms. The van der Waals surface area contributed by atoms with E-state index in [1.807, 2.05) is 18.2 Å². The monoisotopic (exact) mass is 232 g/mol. The Balaban J connectivity index is 2.21. The van der Waals surface area contributed by atoms with E-state index >= 15 is 0 Å². The minimum Gasteiger partial charge on any atom is -0.447 e.